The molecule has 0 bridgehead atoms. The number of nitrogens with one attached hydrogen (secondary N) is 1. The number of anilines is 1. The first kappa shape index (κ1) is 16.0. The van der Waals surface area contributed by atoms with Crippen LogP contribution in [0.5, 0.6) is 0 Å². The van der Waals surface area contributed by atoms with Crippen molar-refractivity contribution in [1.29, 1.82) is 0 Å². The van der Waals surface area contributed by atoms with Crippen molar-refractivity contribution in [2.24, 2.45) is 0 Å². The van der Waals surface area contributed by atoms with Gasteiger partial charge in [0.15, 0.2) is 0 Å². The van der Waals surface area contributed by atoms with Crippen LogP contribution in [0, 0.1) is 0 Å². The topological polar surface area (TPSA) is 95.9 Å². The van der Waals surface area contributed by atoms with Crippen molar-refractivity contribution in [3.8, 4) is 0 Å². The van der Waals surface area contributed by atoms with Gasteiger partial charge in [-0.15, -0.1) is 0 Å². The monoisotopic (exact) mass is 281 g/mol. The van der Waals surface area contributed by atoms with Crippen LogP contribution in [-0.4, -0.2) is 34.5 Å². The zero-order valence-electron chi connectivity index (χ0n) is 11.7. The number of benzene rings is 1. The Bertz CT molecular complexity index is 493. The Morgan fingerprint density at radius 3 is 2.50 bits per heavy atom. The van der Waals surface area contributed by atoms with E-state index in [9.17, 15) is 9.59 Å². The van der Waals surface area contributed by atoms with Gasteiger partial charge >= 0.3 is 12.1 Å². The summed E-state index contributed by atoms with van der Waals surface area (Å²) < 4.78 is 5.10. The van der Waals surface area contributed by atoms with Gasteiger partial charge < -0.3 is 14.9 Å². The van der Waals surface area contributed by atoms with Gasteiger partial charge in [-0.25, -0.2) is 4.79 Å². The summed E-state index contributed by atoms with van der Waals surface area (Å²) >= 11 is 0. The van der Waals surface area contributed by atoms with Crippen LogP contribution in [0.2, 0.25) is 0 Å². The van der Waals surface area contributed by atoms with E-state index >= 15 is 0 Å². The lowest BCUT2D eigenvalue weighted by Crippen LogP contribution is -2.27. The second kappa shape index (κ2) is 6.38. The molecule has 6 heteroatoms. The van der Waals surface area contributed by atoms with Crippen molar-refractivity contribution >= 4 is 17.7 Å². The Morgan fingerprint density at radius 2 is 2.00 bits per heavy atom. The summed E-state index contributed by atoms with van der Waals surface area (Å²) in [6.07, 6.45) is -0.620. The van der Waals surface area contributed by atoms with Gasteiger partial charge in [0.2, 0.25) is 0 Å². The molecule has 0 saturated carbocycles. The molecule has 0 heterocycles. The Hall–Kier alpha value is -2.08. The van der Waals surface area contributed by atoms with E-state index in [-0.39, 0.29) is 0 Å². The minimum atomic E-state index is -1.12. The first-order valence-electron chi connectivity index (χ1n) is 6.16. The van der Waals surface area contributed by atoms with Crippen LogP contribution in [0.3, 0.4) is 0 Å². The van der Waals surface area contributed by atoms with Crippen LogP contribution in [0.25, 0.3) is 0 Å². The van der Waals surface area contributed by atoms with Crippen LogP contribution in [0.4, 0.5) is 10.5 Å². The van der Waals surface area contributed by atoms with Crippen LogP contribution in [0.1, 0.15) is 32.3 Å². The van der Waals surface area contributed by atoms with Crippen molar-refractivity contribution in [3.63, 3.8) is 0 Å². The molecule has 1 aromatic carbocycles. The van der Waals surface area contributed by atoms with Gasteiger partial charge in [-0.05, 0) is 38.5 Å². The van der Waals surface area contributed by atoms with E-state index in [2.05, 4.69) is 5.32 Å². The van der Waals surface area contributed by atoms with Gasteiger partial charge in [0.1, 0.15) is 11.5 Å². The second-order valence-electron chi connectivity index (χ2n) is 5.33. The molecule has 6 nitrogen and oxygen atoms in total. The summed E-state index contributed by atoms with van der Waals surface area (Å²) in [6, 6.07) is 6.30. The molecule has 0 saturated heterocycles. The molecule has 0 radical (unpaired) electrons. The van der Waals surface area contributed by atoms with Crippen molar-refractivity contribution in [3.05, 3.63) is 29.8 Å². The number of ether oxygens (including phenoxy) is 1. The molecule has 0 aliphatic carbocycles. The standard InChI is InChI=1S/C14H19NO5/c1-14(2,3)20-13(19)15-10-6-4-5-9(7-10)11(8-16)12(17)18/h4-7,11,16H,8H2,1-3H3,(H,15,19)(H,17,18)/t11-/m1/s1. The van der Waals surface area contributed by atoms with E-state index < -0.39 is 30.2 Å². The number of carbonyl (C=O) groups is 2. The largest absolute Gasteiger partial charge is 0.481 e. The predicted molar refractivity (Wildman–Crippen MR) is 73.8 cm³/mol. The number of hydrogen-bond acceptors (Lipinski definition) is 4. The molecular formula is C14H19NO5. The number of aliphatic hydroxyl groups is 1. The third-order valence-corrected chi connectivity index (χ3v) is 2.41. The molecule has 0 aromatic heterocycles. The van der Waals surface area contributed by atoms with E-state index in [1.165, 1.54) is 6.07 Å². The Kier molecular flexibility index (Phi) is 5.10. The van der Waals surface area contributed by atoms with Crippen LogP contribution in [0.15, 0.2) is 24.3 Å². The van der Waals surface area contributed by atoms with Crippen molar-refractivity contribution in [1.82, 2.24) is 0 Å². The normalized spacial score (nSPS) is 12.6. The number of aliphatic carboxylic acids is 1. The number of aliphatic hydroxyl groups excluding tert-OH is 1. The Labute approximate surface area is 117 Å². The van der Waals surface area contributed by atoms with Gasteiger partial charge in [-0.3, -0.25) is 10.1 Å². The molecule has 0 aliphatic rings. The number of carbonyl (C=O) groups excluding carboxylic acids is 1. The maximum atomic E-state index is 11.6. The maximum Gasteiger partial charge on any atom is 0.412 e. The number of hydrogen-bond donors (Lipinski definition) is 3. The van der Waals surface area contributed by atoms with E-state index in [0.717, 1.165) is 0 Å². The predicted octanol–water partition coefficient (Wildman–Crippen LogP) is 2.19. The summed E-state index contributed by atoms with van der Waals surface area (Å²) in [5, 5.41) is 20.6. The lowest BCUT2D eigenvalue weighted by Gasteiger charge is -2.20. The molecule has 1 aromatic rings. The molecule has 20 heavy (non-hydrogen) atoms. The number of rotatable bonds is 4. The highest BCUT2D eigenvalue weighted by Crippen LogP contribution is 2.20. The van der Waals surface area contributed by atoms with Gasteiger partial charge in [0, 0.05) is 5.69 Å². The third-order valence-electron chi connectivity index (χ3n) is 2.41. The first-order chi connectivity index (χ1) is 9.23. The minimum absolute atomic E-state index is 0.411. The highest BCUT2D eigenvalue weighted by molar-refractivity contribution is 5.85. The van der Waals surface area contributed by atoms with E-state index in [1.807, 2.05) is 0 Å². The number of carboxylic acids is 1. The fourth-order valence-electron chi connectivity index (χ4n) is 1.58. The molecule has 3 N–H and O–H groups in total. The first-order valence-corrected chi connectivity index (χ1v) is 6.16. The maximum absolute atomic E-state index is 11.6. The quantitative estimate of drug-likeness (QED) is 0.786. The summed E-state index contributed by atoms with van der Waals surface area (Å²) in [4.78, 5) is 22.6. The summed E-state index contributed by atoms with van der Waals surface area (Å²) in [5.41, 5.74) is 0.209. The van der Waals surface area contributed by atoms with E-state index in [4.69, 9.17) is 14.9 Å². The SMILES string of the molecule is CC(C)(C)OC(=O)Nc1cccc([C@@H](CO)C(=O)O)c1. The highest BCUT2D eigenvalue weighted by atomic mass is 16.6. The average Bonchev–Trinajstić information content (AvgIpc) is 2.26. The average molecular weight is 281 g/mol. The van der Waals surface area contributed by atoms with Gasteiger partial charge in [0.25, 0.3) is 0 Å². The van der Waals surface area contributed by atoms with Crippen LogP contribution >= 0.6 is 0 Å². The lowest BCUT2D eigenvalue weighted by atomic mass is 10.00. The van der Waals surface area contributed by atoms with Crippen LogP contribution in [-0.2, 0) is 9.53 Å². The van der Waals surface area contributed by atoms with Gasteiger partial charge in [-0.2, -0.15) is 0 Å². The zero-order chi connectivity index (χ0) is 15.3. The molecule has 1 atom stereocenters. The Morgan fingerprint density at radius 1 is 1.35 bits per heavy atom. The molecular weight excluding hydrogens is 262 g/mol. The summed E-state index contributed by atoms with van der Waals surface area (Å²) in [5.74, 6) is -2.14. The lowest BCUT2D eigenvalue weighted by molar-refractivity contribution is -0.139. The second-order valence-corrected chi connectivity index (χ2v) is 5.33. The summed E-state index contributed by atoms with van der Waals surface area (Å²) in [7, 11) is 0. The molecule has 0 fully saturated rings. The van der Waals surface area contributed by atoms with Crippen LogP contribution < -0.4 is 5.32 Å². The zero-order valence-corrected chi connectivity index (χ0v) is 11.7. The smallest absolute Gasteiger partial charge is 0.412 e. The highest BCUT2D eigenvalue weighted by Gasteiger charge is 2.20. The van der Waals surface area contributed by atoms with Crippen molar-refractivity contribution < 1.29 is 24.5 Å². The van der Waals surface area contributed by atoms with Crippen molar-refractivity contribution in [2.45, 2.75) is 32.3 Å². The molecule has 1 amide bonds. The Balaban J connectivity index is 2.83. The number of amides is 1. The number of carboxylic acid groups (broad SMARTS) is 1. The van der Waals surface area contributed by atoms with Crippen molar-refractivity contribution in [2.75, 3.05) is 11.9 Å². The van der Waals surface area contributed by atoms with E-state index in [0.29, 0.717) is 11.3 Å². The van der Waals surface area contributed by atoms with E-state index in [1.54, 1.807) is 39.0 Å². The molecule has 110 valence electrons. The third kappa shape index (κ3) is 4.89. The van der Waals surface area contributed by atoms with Gasteiger partial charge in [0.05, 0.1) is 6.61 Å². The fraction of sp³-hybridized carbons (Fsp3) is 0.429. The molecule has 0 aliphatic heterocycles. The summed E-state index contributed by atoms with van der Waals surface area (Å²) in [6.45, 7) is 4.73. The minimum Gasteiger partial charge on any atom is -0.481 e. The molecule has 1 rings (SSSR count). The molecule has 0 spiro atoms. The fourth-order valence-corrected chi connectivity index (χ4v) is 1.58. The van der Waals surface area contributed by atoms with Gasteiger partial charge in [-0.1, -0.05) is 12.1 Å². The molecule has 0 unspecified atom stereocenters.